The summed E-state index contributed by atoms with van der Waals surface area (Å²) < 4.78 is 1.72. The van der Waals surface area contributed by atoms with E-state index in [1.165, 1.54) is 0 Å². The highest BCUT2D eigenvalue weighted by molar-refractivity contribution is 5.95. The molecule has 0 saturated heterocycles. The normalized spacial score (nSPS) is 10.3. The van der Waals surface area contributed by atoms with Gasteiger partial charge < -0.3 is 4.90 Å². The van der Waals surface area contributed by atoms with Crippen molar-refractivity contribution >= 4 is 5.91 Å². The Hall–Kier alpha value is -1.32. The summed E-state index contributed by atoms with van der Waals surface area (Å²) in [4.78, 5) is 13.7. The van der Waals surface area contributed by atoms with Crippen LogP contribution in [0.5, 0.6) is 0 Å². The van der Waals surface area contributed by atoms with Crippen LogP contribution in [-0.2, 0) is 7.05 Å². The number of carbonyl (C=O) groups excluding carboxylic acids is 1. The number of rotatable bonds is 3. The fourth-order valence-corrected chi connectivity index (χ4v) is 1.39. The lowest BCUT2D eigenvalue weighted by Gasteiger charge is -2.17. The Morgan fingerprint density at radius 1 is 1.50 bits per heavy atom. The molecule has 0 aromatic carbocycles. The van der Waals surface area contributed by atoms with Crippen molar-refractivity contribution in [1.29, 1.82) is 0 Å². The maximum atomic E-state index is 11.9. The van der Waals surface area contributed by atoms with Crippen molar-refractivity contribution < 1.29 is 4.79 Å². The maximum Gasteiger partial charge on any atom is 0.257 e. The molecule has 1 heterocycles. The van der Waals surface area contributed by atoms with E-state index in [4.69, 9.17) is 0 Å². The molecule has 14 heavy (non-hydrogen) atoms. The van der Waals surface area contributed by atoms with Crippen LogP contribution in [0.2, 0.25) is 0 Å². The molecular weight excluding hydrogens is 178 g/mol. The molecule has 0 bridgehead atoms. The molecule has 0 radical (unpaired) electrons. The molecule has 1 aromatic heterocycles. The van der Waals surface area contributed by atoms with Crippen molar-refractivity contribution in [2.24, 2.45) is 7.05 Å². The molecule has 1 rings (SSSR count). The lowest BCUT2D eigenvalue weighted by atomic mass is 10.2. The van der Waals surface area contributed by atoms with Crippen molar-refractivity contribution in [3.05, 3.63) is 17.5 Å². The number of aromatic nitrogens is 2. The fourth-order valence-electron chi connectivity index (χ4n) is 1.39. The van der Waals surface area contributed by atoms with Gasteiger partial charge in [-0.05, 0) is 20.8 Å². The molecule has 0 aliphatic rings. The fraction of sp³-hybridized carbons (Fsp3) is 0.600. The summed E-state index contributed by atoms with van der Waals surface area (Å²) in [6, 6.07) is 0. The van der Waals surface area contributed by atoms with Crippen LogP contribution in [0.1, 0.15) is 29.9 Å². The van der Waals surface area contributed by atoms with Crippen molar-refractivity contribution in [2.75, 3.05) is 13.1 Å². The summed E-state index contributed by atoms with van der Waals surface area (Å²) in [6.07, 6.45) is 1.63. The average molecular weight is 195 g/mol. The van der Waals surface area contributed by atoms with Gasteiger partial charge in [-0.15, -0.1) is 0 Å². The van der Waals surface area contributed by atoms with Crippen LogP contribution in [0, 0.1) is 6.92 Å². The molecule has 4 nitrogen and oxygen atoms in total. The van der Waals surface area contributed by atoms with Crippen LogP contribution < -0.4 is 0 Å². The first kappa shape index (κ1) is 10.8. The van der Waals surface area contributed by atoms with E-state index in [9.17, 15) is 4.79 Å². The molecule has 0 atom stereocenters. The van der Waals surface area contributed by atoms with E-state index in [2.05, 4.69) is 5.10 Å². The summed E-state index contributed by atoms with van der Waals surface area (Å²) in [5.74, 6) is 0.0700. The largest absolute Gasteiger partial charge is 0.339 e. The third-order valence-electron chi connectivity index (χ3n) is 2.52. The van der Waals surface area contributed by atoms with E-state index in [-0.39, 0.29) is 5.91 Å². The quantitative estimate of drug-likeness (QED) is 0.727. The van der Waals surface area contributed by atoms with Crippen LogP contribution in [0.4, 0.5) is 0 Å². The van der Waals surface area contributed by atoms with Gasteiger partial charge in [-0.1, -0.05) is 0 Å². The molecule has 1 aromatic rings. The first-order valence-corrected chi connectivity index (χ1v) is 4.89. The Balaban J connectivity index is 2.94. The zero-order valence-corrected chi connectivity index (χ0v) is 9.24. The molecule has 0 unspecified atom stereocenters. The van der Waals surface area contributed by atoms with E-state index in [0.29, 0.717) is 5.56 Å². The summed E-state index contributed by atoms with van der Waals surface area (Å²) in [5, 5.41) is 4.06. The Morgan fingerprint density at radius 2 is 2.07 bits per heavy atom. The molecule has 78 valence electrons. The van der Waals surface area contributed by atoms with E-state index in [1.807, 2.05) is 27.8 Å². The number of nitrogens with zero attached hydrogens (tertiary/aromatic N) is 3. The second kappa shape index (κ2) is 4.26. The third-order valence-corrected chi connectivity index (χ3v) is 2.52. The standard InChI is InChI=1S/C10H17N3O/c1-5-13(6-2)10(14)9-7-11-12(4)8(9)3/h7H,5-6H2,1-4H3. The first-order chi connectivity index (χ1) is 6.61. The number of aryl methyl sites for hydroxylation is 1. The van der Waals surface area contributed by atoms with Crippen LogP contribution in [0.3, 0.4) is 0 Å². The van der Waals surface area contributed by atoms with Crippen molar-refractivity contribution in [2.45, 2.75) is 20.8 Å². The molecule has 1 amide bonds. The number of hydrogen-bond acceptors (Lipinski definition) is 2. The van der Waals surface area contributed by atoms with Gasteiger partial charge in [-0.3, -0.25) is 9.48 Å². The summed E-state index contributed by atoms with van der Waals surface area (Å²) in [6.45, 7) is 7.34. The van der Waals surface area contributed by atoms with Crippen molar-refractivity contribution in [3.8, 4) is 0 Å². The average Bonchev–Trinajstić information content (AvgIpc) is 2.49. The lowest BCUT2D eigenvalue weighted by Crippen LogP contribution is -2.30. The maximum absolute atomic E-state index is 11.9. The highest BCUT2D eigenvalue weighted by Gasteiger charge is 2.16. The summed E-state index contributed by atoms with van der Waals surface area (Å²) >= 11 is 0. The third kappa shape index (κ3) is 1.78. The van der Waals surface area contributed by atoms with Gasteiger partial charge in [0.25, 0.3) is 5.91 Å². The Morgan fingerprint density at radius 3 is 2.43 bits per heavy atom. The van der Waals surface area contributed by atoms with E-state index < -0.39 is 0 Å². The Bertz CT molecular complexity index is 326. The minimum absolute atomic E-state index is 0.0700. The molecule has 0 aliphatic heterocycles. The molecule has 0 saturated carbocycles. The summed E-state index contributed by atoms with van der Waals surface area (Å²) in [7, 11) is 1.84. The predicted molar refractivity (Wildman–Crippen MR) is 55.2 cm³/mol. The van der Waals surface area contributed by atoms with Gasteiger partial charge in [0.15, 0.2) is 0 Å². The van der Waals surface area contributed by atoms with Crippen LogP contribution in [0.15, 0.2) is 6.20 Å². The van der Waals surface area contributed by atoms with Crippen molar-refractivity contribution in [3.63, 3.8) is 0 Å². The van der Waals surface area contributed by atoms with Gasteiger partial charge in [0.1, 0.15) is 0 Å². The topological polar surface area (TPSA) is 38.1 Å². The first-order valence-electron chi connectivity index (χ1n) is 4.89. The van der Waals surface area contributed by atoms with Gasteiger partial charge in [0.2, 0.25) is 0 Å². The predicted octanol–water partition coefficient (Wildman–Crippen LogP) is 1.21. The number of amides is 1. The Kier molecular flexibility index (Phi) is 3.28. The van der Waals surface area contributed by atoms with E-state index in [0.717, 1.165) is 18.8 Å². The number of hydrogen-bond donors (Lipinski definition) is 0. The van der Waals surface area contributed by atoms with Gasteiger partial charge >= 0.3 is 0 Å². The van der Waals surface area contributed by atoms with Crippen molar-refractivity contribution in [1.82, 2.24) is 14.7 Å². The molecular formula is C10H17N3O. The SMILES string of the molecule is CCN(CC)C(=O)c1cnn(C)c1C. The Labute approximate surface area is 84.5 Å². The molecule has 4 heteroatoms. The van der Waals surface area contributed by atoms with Crippen LogP contribution in [0.25, 0.3) is 0 Å². The zero-order chi connectivity index (χ0) is 10.7. The van der Waals surface area contributed by atoms with Gasteiger partial charge in [0, 0.05) is 25.8 Å². The lowest BCUT2D eigenvalue weighted by molar-refractivity contribution is 0.0772. The van der Waals surface area contributed by atoms with Crippen LogP contribution >= 0.6 is 0 Å². The van der Waals surface area contributed by atoms with Gasteiger partial charge in [-0.25, -0.2) is 0 Å². The smallest absolute Gasteiger partial charge is 0.257 e. The van der Waals surface area contributed by atoms with Gasteiger partial charge in [-0.2, -0.15) is 5.10 Å². The number of carbonyl (C=O) groups is 1. The minimum atomic E-state index is 0.0700. The molecule has 0 spiro atoms. The summed E-state index contributed by atoms with van der Waals surface area (Å²) in [5.41, 5.74) is 1.62. The van der Waals surface area contributed by atoms with Crippen LogP contribution in [-0.4, -0.2) is 33.7 Å². The highest BCUT2D eigenvalue weighted by atomic mass is 16.2. The molecule has 0 N–H and O–H groups in total. The van der Waals surface area contributed by atoms with Gasteiger partial charge in [0.05, 0.1) is 11.8 Å². The highest BCUT2D eigenvalue weighted by Crippen LogP contribution is 2.09. The second-order valence-corrected chi connectivity index (χ2v) is 3.24. The second-order valence-electron chi connectivity index (χ2n) is 3.24. The molecule has 0 fully saturated rings. The monoisotopic (exact) mass is 195 g/mol. The minimum Gasteiger partial charge on any atom is -0.339 e. The zero-order valence-electron chi connectivity index (χ0n) is 9.24. The van der Waals surface area contributed by atoms with E-state index >= 15 is 0 Å². The van der Waals surface area contributed by atoms with E-state index in [1.54, 1.807) is 15.8 Å². The molecule has 0 aliphatic carbocycles.